The first-order valence-electron chi connectivity index (χ1n) is 6.34. The Morgan fingerprint density at radius 1 is 1.30 bits per heavy atom. The second kappa shape index (κ2) is 4.91. The van der Waals surface area contributed by atoms with Crippen LogP contribution in [-0.2, 0) is 6.42 Å². The molecule has 2 aromatic rings. The number of carbonyl (C=O) groups excluding carboxylic acids is 1. The van der Waals surface area contributed by atoms with E-state index in [1.165, 1.54) is 18.2 Å². The molecule has 0 aromatic heterocycles. The van der Waals surface area contributed by atoms with Crippen molar-refractivity contribution in [3.05, 3.63) is 63.9 Å². The Kier molecular flexibility index (Phi) is 3.22. The zero-order chi connectivity index (χ0) is 14.3. The van der Waals surface area contributed by atoms with Gasteiger partial charge in [-0.3, -0.25) is 4.79 Å². The van der Waals surface area contributed by atoms with E-state index in [1.54, 1.807) is 18.2 Å². The van der Waals surface area contributed by atoms with Crippen LogP contribution in [0, 0.1) is 5.82 Å². The highest BCUT2D eigenvalue weighted by Gasteiger charge is 2.22. The van der Waals surface area contributed by atoms with E-state index in [-0.39, 0.29) is 17.5 Å². The third-order valence-corrected chi connectivity index (χ3v) is 3.57. The molecule has 0 radical (unpaired) electrons. The molecule has 0 saturated heterocycles. The summed E-state index contributed by atoms with van der Waals surface area (Å²) in [5.41, 5.74) is 1.41. The summed E-state index contributed by atoms with van der Waals surface area (Å²) >= 11 is 5.82. The Hall–Kier alpha value is -1.87. The number of ketones is 1. The smallest absolute Gasteiger partial charge is 0.196 e. The lowest BCUT2D eigenvalue weighted by atomic mass is 9.99. The van der Waals surface area contributed by atoms with Gasteiger partial charge in [0.15, 0.2) is 5.78 Å². The van der Waals surface area contributed by atoms with E-state index >= 15 is 0 Å². The topological polar surface area (TPSA) is 26.3 Å². The highest BCUT2D eigenvalue weighted by atomic mass is 35.5. The number of carbonyl (C=O) groups is 1. The first-order valence-corrected chi connectivity index (χ1v) is 6.72. The fourth-order valence-corrected chi connectivity index (χ4v) is 2.56. The summed E-state index contributed by atoms with van der Waals surface area (Å²) in [6, 6.07) is 9.15. The maximum Gasteiger partial charge on any atom is 0.196 e. The quantitative estimate of drug-likeness (QED) is 0.781. The zero-order valence-electron chi connectivity index (χ0n) is 10.8. The number of ether oxygens (including phenoxy) is 1. The first-order chi connectivity index (χ1) is 9.54. The van der Waals surface area contributed by atoms with Gasteiger partial charge in [-0.1, -0.05) is 11.6 Å². The van der Waals surface area contributed by atoms with Gasteiger partial charge in [-0.15, -0.1) is 0 Å². The fourth-order valence-electron chi connectivity index (χ4n) is 2.39. The fraction of sp³-hybridized carbons (Fsp3) is 0.188. The van der Waals surface area contributed by atoms with Gasteiger partial charge >= 0.3 is 0 Å². The van der Waals surface area contributed by atoms with Gasteiger partial charge in [-0.2, -0.15) is 0 Å². The number of benzene rings is 2. The molecule has 2 aromatic carbocycles. The minimum absolute atomic E-state index is 0.00980. The third kappa shape index (κ3) is 2.29. The molecule has 0 N–H and O–H groups in total. The maximum absolute atomic E-state index is 13.7. The molecule has 1 aliphatic heterocycles. The Morgan fingerprint density at radius 3 is 2.90 bits per heavy atom. The van der Waals surface area contributed by atoms with Crippen molar-refractivity contribution in [2.45, 2.75) is 19.4 Å². The molecule has 1 aliphatic rings. The minimum atomic E-state index is -0.565. The second-order valence-electron chi connectivity index (χ2n) is 4.91. The summed E-state index contributed by atoms with van der Waals surface area (Å²) in [4.78, 5) is 12.4. The van der Waals surface area contributed by atoms with Gasteiger partial charge < -0.3 is 4.74 Å². The predicted molar refractivity (Wildman–Crippen MR) is 75.1 cm³/mol. The lowest BCUT2D eigenvalue weighted by Gasteiger charge is -2.05. The van der Waals surface area contributed by atoms with E-state index in [2.05, 4.69) is 0 Å². The van der Waals surface area contributed by atoms with Crippen LogP contribution in [-0.4, -0.2) is 11.9 Å². The van der Waals surface area contributed by atoms with E-state index in [0.717, 1.165) is 17.7 Å². The van der Waals surface area contributed by atoms with Crippen molar-refractivity contribution in [1.29, 1.82) is 0 Å². The Labute approximate surface area is 121 Å². The second-order valence-corrected chi connectivity index (χ2v) is 5.34. The van der Waals surface area contributed by atoms with Gasteiger partial charge in [-0.25, -0.2) is 4.39 Å². The number of hydrogen-bond donors (Lipinski definition) is 0. The van der Waals surface area contributed by atoms with Crippen molar-refractivity contribution in [2.24, 2.45) is 0 Å². The van der Waals surface area contributed by atoms with E-state index in [9.17, 15) is 9.18 Å². The molecule has 3 rings (SSSR count). The van der Waals surface area contributed by atoms with E-state index in [1.807, 2.05) is 6.92 Å². The summed E-state index contributed by atoms with van der Waals surface area (Å²) < 4.78 is 19.3. The summed E-state index contributed by atoms with van der Waals surface area (Å²) in [6.07, 6.45) is 0.868. The molecular formula is C16H12ClFO2. The van der Waals surface area contributed by atoms with Gasteiger partial charge in [0.2, 0.25) is 0 Å². The van der Waals surface area contributed by atoms with Crippen molar-refractivity contribution in [3.63, 3.8) is 0 Å². The van der Waals surface area contributed by atoms with E-state index in [4.69, 9.17) is 16.3 Å². The minimum Gasteiger partial charge on any atom is -0.490 e. The molecule has 1 atom stereocenters. The maximum atomic E-state index is 13.7. The highest BCUT2D eigenvalue weighted by molar-refractivity contribution is 6.31. The monoisotopic (exact) mass is 290 g/mol. The van der Waals surface area contributed by atoms with Gasteiger partial charge in [0.25, 0.3) is 0 Å². The van der Waals surface area contributed by atoms with Crippen LogP contribution in [0.25, 0.3) is 0 Å². The van der Waals surface area contributed by atoms with Crippen molar-refractivity contribution >= 4 is 17.4 Å². The van der Waals surface area contributed by atoms with Gasteiger partial charge in [0.05, 0.1) is 5.56 Å². The summed E-state index contributed by atoms with van der Waals surface area (Å²) in [7, 11) is 0. The average molecular weight is 291 g/mol. The molecule has 0 amide bonds. The summed E-state index contributed by atoms with van der Waals surface area (Å²) in [5.74, 6) is -0.141. The molecule has 102 valence electrons. The standard InChI is InChI=1S/C16H12ClFO2/c1-9-6-11-7-10(2-5-15(11)20-9)16(19)13-8-12(17)3-4-14(13)18/h2-5,7-9H,6H2,1H3. The predicted octanol–water partition coefficient (Wildman–Crippen LogP) is 4.03. The molecule has 0 spiro atoms. The van der Waals surface area contributed by atoms with Crippen LogP contribution in [0.1, 0.15) is 28.4 Å². The molecular weight excluding hydrogens is 279 g/mol. The first kappa shape index (κ1) is 13.1. The molecule has 4 heteroatoms. The van der Waals surface area contributed by atoms with Crippen LogP contribution in [0.3, 0.4) is 0 Å². The third-order valence-electron chi connectivity index (χ3n) is 3.33. The Morgan fingerprint density at radius 2 is 2.10 bits per heavy atom. The molecule has 0 saturated carbocycles. The van der Waals surface area contributed by atoms with Crippen molar-refractivity contribution < 1.29 is 13.9 Å². The van der Waals surface area contributed by atoms with Crippen LogP contribution in [0.5, 0.6) is 5.75 Å². The molecule has 1 heterocycles. The molecule has 1 unspecified atom stereocenters. The van der Waals surface area contributed by atoms with Gasteiger partial charge in [0.1, 0.15) is 17.7 Å². The lowest BCUT2D eigenvalue weighted by Crippen LogP contribution is -2.05. The molecule has 2 nitrogen and oxygen atoms in total. The van der Waals surface area contributed by atoms with Crippen LogP contribution >= 0.6 is 11.6 Å². The molecule has 0 fully saturated rings. The van der Waals surface area contributed by atoms with Crippen molar-refractivity contribution in [3.8, 4) is 5.75 Å². The Bertz CT molecular complexity index is 697. The number of halogens is 2. The summed E-state index contributed by atoms with van der Waals surface area (Å²) in [5, 5.41) is 0.341. The highest BCUT2D eigenvalue weighted by Crippen LogP contribution is 2.30. The normalized spacial score (nSPS) is 16.6. The SMILES string of the molecule is CC1Cc2cc(C(=O)c3cc(Cl)ccc3F)ccc2O1. The lowest BCUT2D eigenvalue weighted by molar-refractivity contribution is 0.103. The number of rotatable bonds is 2. The average Bonchev–Trinajstić information content (AvgIpc) is 2.79. The number of fused-ring (bicyclic) bond motifs is 1. The molecule has 0 aliphatic carbocycles. The molecule has 0 bridgehead atoms. The van der Waals surface area contributed by atoms with Gasteiger partial charge in [-0.05, 0) is 48.9 Å². The van der Waals surface area contributed by atoms with Crippen LogP contribution < -0.4 is 4.74 Å². The van der Waals surface area contributed by atoms with Crippen LogP contribution in [0.2, 0.25) is 5.02 Å². The zero-order valence-corrected chi connectivity index (χ0v) is 11.6. The Balaban J connectivity index is 1.99. The largest absolute Gasteiger partial charge is 0.490 e. The van der Waals surface area contributed by atoms with Crippen LogP contribution in [0.15, 0.2) is 36.4 Å². The van der Waals surface area contributed by atoms with Gasteiger partial charge in [0, 0.05) is 17.0 Å². The number of hydrogen-bond acceptors (Lipinski definition) is 2. The van der Waals surface area contributed by atoms with Crippen molar-refractivity contribution in [2.75, 3.05) is 0 Å². The van der Waals surface area contributed by atoms with E-state index < -0.39 is 5.82 Å². The van der Waals surface area contributed by atoms with Crippen molar-refractivity contribution in [1.82, 2.24) is 0 Å². The van der Waals surface area contributed by atoms with E-state index in [0.29, 0.717) is 10.6 Å². The summed E-state index contributed by atoms with van der Waals surface area (Å²) in [6.45, 7) is 1.97. The molecule has 20 heavy (non-hydrogen) atoms. The van der Waals surface area contributed by atoms with Crippen LogP contribution in [0.4, 0.5) is 4.39 Å².